The van der Waals surface area contributed by atoms with E-state index in [0.29, 0.717) is 6.04 Å². The van der Waals surface area contributed by atoms with Crippen LogP contribution in [0.4, 0.5) is 0 Å². The second-order valence-electron chi connectivity index (χ2n) is 7.49. The normalized spacial score (nSPS) is 21.3. The third-order valence-corrected chi connectivity index (χ3v) is 6.32. The largest absolute Gasteiger partial charge is 0.320 e. The van der Waals surface area contributed by atoms with Crippen LogP contribution in [-0.4, -0.2) is 28.0 Å². The Kier molecular flexibility index (Phi) is 3.70. The first-order chi connectivity index (χ1) is 12.6. The van der Waals surface area contributed by atoms with Crippen molar-refractivity contribution in [2.45, 2.75) is 32.2 Å². The standard InChI is InChI=1S/C22H22ClN3/c1-14-22-19-11-17(23)5-6-20(19)26(21(22)8-10-25(14)2)13-16-4-3-15-12-24-9-7-18(15)16/h5-7,9,11-14H,3-4,8,10H2,1-2H3/b16-13+. The van der Waals surface area contributed by atoms with Crippen molar-refractivity contribution in [1.29, 1.82) is 0 Å². The van der Waals surface area contributed by atoms with Gasteiger partial charge in [0.2, 0.25) is 0 Å². The molecule has 0 fully saturated rings. The highest BCUT2D eigenvalue weighted by Gasteiger charge is 2.28. The lowest BCUT2D eigenvalue weighted by Crippen LogP contribution is -2.30. The van der Waals surface area contributed by atoms with Crippen LogP contribution in [0.3, 0.4) is 0 Å². The Morgan fingerprint density at radius 2 is 2.08 bits per heavy atom. The third-order valence-electron chi connectivity index (χ3n) is 6.09. The average molecular weight is 364 g/mol. The highest BCUT2D eigenvalue weighted by Crippen LogP contribution is 2.40. The van der Waals surface area contributed by atoms with Gasteiger partial charge in [-0.3, -0.25) is 9.88 Å². The molecule has 5 rings (SSSR count). The minimum absolute atomic E-state index is 0.402. The van der Waals surface area contributed by atoms with Crippen molar-refractivity contribution in [1.82, 2.24) is 14.5 Å². The van der Waals surface area contributed by atoms with Gasteiger partial charge in [-0.1, -0.05) is 11.6 Å². The molecule has 26 heavy (non-hydrogen) atoms. The van der Waals surface area contributed by atoms with Gasteiger partial charge in [0.05, 0.1) is 5.52 Å². The molecule has 1 atom stereocenters. The van der Waals surface area contributed by atoms with E-state index in [4.69, 9.17) is 11.6 Å². The van der Waals surface area contributed by atoms with Crippen LogP contribution in [0.1, 0.15) is 41.8 Å². The quantitative estimate of drug-likeness (QED) is 0.593. The van der Waals surface area contributed by atoms with E-state index in [0.717, 1.165) is 30.8 Å². The van der Waals surface area contributed by atoms with E-state index in [1.165, 1.54) is 38.9 Å². The highest BCUT2D eigenvalue weighted by atomic mass is 35.5. The number of aryl methyl sites for hydroxylation is 1. The molecule has 1 unspecified atom stereocenters. The van der Waals surface area contributed by atoms with Crippen molar-refractivity contribution >= 4 is 34.3 Å². The second kappa shape index (κ2) is 5.97. The Balaban J connectivity index is 1.76. The molecule has 0 spiro atoms. The SMILES string of the molecule is CC1c2c(n(/C=C3\CCc4cnccc43)c3ccc(Cl)cc23)CCN1C. The highest BCUT2D eigenvalue weighted by molar-refractivity contribution is 6.31. The van der Waals surface area contributed by atoms with Crippen molar-refractivity contribution in [2.24, 2.45) is 0 Å². The van der Waals surface area contributed by atoms with Crippen LogP contribution in [0.2, 0.25) is 5.02 Å². The Labute approximate surface area is 158 Å². The number of fused-ring (bicyclic) bond motifs is 4. The van der Waals surface area contributed by atoms with Crippen LogP contribution in [0.25, 0.3) is 22.7 Å². The zero-order valence-electron chi connectivity index (χ0n) is 15.2. The molecule has 2 aliphatic rings. The number of allylic oxidation sites excluding steroid dienone is 1. The number of benzene rings is 1. The maximum Gasteiger partial charge on any atom is 0.0529 e. The molecule has 2 aromatic heterocycles. The smallest absolute Gasteiger partial charge is 0.0529 e. The molecule has 0 bridgehead atoms. The van der Waals surface area contributed by atoms with E-state index >= 15 is 0 Å². The van der Waals surface area contributed by atoms with Crippen LogP contribution in [-0.2, 0) is 12.8 Å². The second-order valence-corrected chi connectivity index (χ2v) is 7.92. The zero-order valence-corrected chi connectivity index (χ0v) is 15.9. The van der Waals surface area contributed by atoms with Gasteiger partial charge in [-0.15, -0.1) is 0 Å². The topological polar surface area (TPSA) is 21.1 Å². The number of likely N-dealkylation sites (N-methyl/N-ethyl adjacent to an activating group) is 1. The summed E-state index contributed by atoms with van der Waals surface area (Å²) in [6.07, 6.45) is 9.50. The van der Waals surface area contributed by atoms with Crippen LogP contribution in [0.5, 0.6) is 0 Å². The van der Waals surface area contributed by atoms with E-state index in [2.05, 4.69) is 52.8 Å². The lowest BCUT2D eigenvalue weighted by molar-refractivity contribution is 0.247. The van der Waals surface area contributed by atoms with Gasteiger partial charge in [-0.2, -0.15) is 0 Å². The maximum absolute atomic E-state index is 6.35. The minimum atomic E-state index is 0.402. The van der Waals surface area contributed by atoms with Gasteiger partial charge in [0.1, 0.15) is 0 Å². The molecule has 3 nitrogen and oxygen atoms in total. The molecule has 3 aromatic rings. The van der Waals surface area contributed by atoms with Crippen molar-refractivity contribution in [3.63, 3.8) is 0 Å². The Bertz CT molecular complexity index is 1050. The number of hydrogen-bond donors (Lipinski definition) is 0. The van der Waals surface area contributed by atoms with E-state index in [9.17, 15) is 0 Å². The van der Waals surface area contributed by atoms with Gasteiger partial charge in [-0.05, 0) is 73.3 Å². The summed E-state index contributed by atoms with van der Waals surface area (Å²) in [5.41, 5.74) is 8.25. The maximum atomic E-state index is 6.35. The fourth-order valence-electron chi connectivity index (χ4n) is 4.56. The summed E-state index contributed by atoms with van der Waals surface area (Å²) in [7, 11) is 2.21. The number of nitrogens with zero attached hydrogens (tertiary/aromatic N) is 3. The van der Waals surface area contributed by atoms with Gasteiger partial charge >= 0.3 is 0 Å². The van der Waals surface area contributed by atoms with Crippen molar-refractivity contribution in [3.05, 3.63) is 64.1 Å². The molecule has 0 saturated heterocycles. The van der Waals surface area contributed by atoms with Crippen LogP contribution in [0.15, 0.2) is 36.7 Å². The number of hydrogen-bond acceptors (Lipinski definition) is 2. The number of rotatable bonds is 1. The first-order valence-electron chi connectivity index (χ1n) is 9.30. The van der Waals surface area contributed by atoms with Crippen molar-refractivity contribution < 1.29 is 0 Å². The van der Waals surface area contributed by atoms with Gasteiger partial charge in [-0.25, -0.2) is 0 Å². The summed E-state index contributed by atoms with van der Waals surface area (Å²) in [4.78, 5) is 6.71. The Morgan fingerprint density at radius 3 is 2.96 bits per heavy atom. The Morgan fingerprint density at radius 1 is 1.19 bits per heavy atom. The molecule has 1 aliphatic heterocycles. The minimum Gasteiger partial charge on any atom is -0.320 e. The zero-order chi connectivity index (χ0) is 17.8. The van der Waals surface area contributed by atoms with E-state index in [1.54, 1.807) is 0 Å². The third kappa shape index (κ3) is 2.34. The first-order valence-corrected chi connectivity index (χ1v) is 9.67. The fourth-order valence-corrected chi connectivity index (χ4v) is 4.74. The summed E-state index contributed by atoms with van der Waals surface area (Å²) in [5, 5.41) is 2.10. The fraction of sp³-hybridized carbons (Fsp3) is 0.318. The molecular weight excluding hydrogens is 342 g/mol. The van der Waals surface area contributed by atoms with Crippen LogP contribution >= 0.6 is 11.6 Å². The summed E-state index contributed by atoms with van der Waals surface area (Å²) in [6.45, 7) is 3.38. The number of halogens is 1. The predicted octanol–water partition coefficient (Wildman–Crippen LogP) is 5.18. The van der Waals surface area contributed by atoms with Gasteiger partial charge < -0.3 is 4.57 Å². The number of aromatic nitrogens is 2. The van der Waals surface area contributed by atoms with E-state index in [1.807, 2.05) is 18.5 Å². The van der Waals surface area contributed by atoms with Gasteiger partial charge in [0.15, 0.2) is 0 Å². The van der Waals surface area contributed by atoms with E-state index < -0.39 is 0 Å². The Hall–Kier alpha value is -2.10. The molecule has 132 valence electrons. The molecule has 1 aromatic carbocycles. The van der Waals surface area contributed by atoms with Crippen LogP contribution in [0, 0.1) is 0 Å². The number of pyridine rings is 1. The predicted molar refractivity (Wildman–Crippen MR) is 108 cm³/mol. The van der Waals surface area contributed by atoms with Gasteiger partial charge in [0.25, 0.3) is 0 Å². The monoisotopic (exact) mass is 363 g/mol. The molecule has 0 radical (unpaired) electrons. The molecule has 0 saturated carbocycles. The van der Waals surface area contributed by atoms with Crippen molar-refractivity contribution in [3.8, 4) is 0 Å². The van der Waals surface area contributed by atoms with E-state index in [-0.39, 0.29) is 0 Å². The summed E-state index contributed by atoms with van der Waals surface area (Å²) >= 11 is 6.35. The molecule has 1 aliphatic carbocycles. The molecular formula is C22H22ClN3. The van der Waals surface area contributed by atoms with Crippen LogP contribution < -0.4 is 0 Å². The van der Waals surface area contributed by atoms with Gasteiger partial charge in [0, 0.05) is 53.7 Å². The lowest BCUT2D eigenvalue weighted by Gasteiger charge is -2.31. The molecule has 3 heterocycles. The summed E-state index contributed by atoms with van der Waals surface area (Å²) < 4.78 is 2.43. The lowest BCUT2D eigenvalue weighted by atomic mass is 9.97. The van der Waals surface area contributed by atoms with Crippen molar-refractivity contribution in [2.75, 3.05) is 13.6 Å². The average Bonchev–Trinajstić information content (AvgIpc) is 3.18. The first kappa shape index (κ1) is 16.1. The summed E-state index contributed by atoms with van der Waals surface area (Å²) in [6, 6.07) is 8.86. The molecule has 0 amide bonds. The molecule has 4 heteroatoms. The molecule has 0 N–H and O–H groups in total. The summed E-state index contributed by atoms with van der Waals surface area (Å²) in [5.74, 6) is 0.